The third-order valence-electron chi connectivity index (χ3n) is 1.58. The molecule has 0 N–H and O–H groups in total. The van der Waals surface area contributed by atoms with Crippen molar-refractivity contribution in [3.63, 3.8) is 0 Å². The first-order valence-corrected chi connectivity index (χ1v) is 2.75. The van der Waals surface area contributed by atoms with Gasteiger partial charge in [-0.3, -0.25) is 0 Å². The molecule has 1 nitrogen and oxygen atoms in total. The van der Waals surface area contributed by atoms with Crippen molar-refractivity contribution in [2.45, 2.75) is 25.8 Å². The highest BCUT2D eigenvalue weighted by Gasteiger charge is 2.41. The lowest BCUT2D eigenvalue weighted by Crippen LogP contribution is -1.74. The minimum absolute atomic E-state index is 0.407. The monoisotopic (exact) mass is 95.1 g/mol. The second kappa shape index (κ2) is 1.54. The molecule has 1 rings (SSSR count). The van der Waals surface area contributed by atoms with Crippen molar-refractivity contribution < 1.29 is 0 Å². The molecule has 0 aliphatic heterocycles. The van der Waals surface area contributed by atoms with E-state index in [-0.39, 0.29) is 0 Å². The van der Waals surface area contributed by atoms with E-state index in [4.69, 9.17) is 6.57 Å². The van der Waals surface area contributed by atoms with Crippen LogP contribution in [-0.2, 0) is 0 Å². The Balaban J connectivity index is 2.21. The first-order chi connectivity index (χ1) is 3.38. The zero-order chi connectivity index (χ0) is 5.28. The Hall–Kier alpha value is -0.510. The molecule has 0 saturated heterocycles. The Kier molecular flexibility index (Phi) is 1.02. The molecule has 1 aliphatic carbocycles. The summed E-state index contributed by atoms with van der Waals surface area (Å²) >= 11 is 0. The van der Waals surface area contributed by atoms with E-state index in [0.29, 0.717) is 6.04 Å². The van der Waals surface area contributed by atoms with E-state index in [1.165, 1.54) is 12.8 Å². The zero-order valence-electron chi connectivity index (χ0n) is 4.52. The lowest BCUT2D eigenvalue weighted by atomic mass is 10.3. The van der Waals surface area contributed by atoms with Gasteiger partial charge >= 0.3 is 0 Å². The van der Waals surface area contributed by atoms with Crippen LogP contribution in [0.5, 0.6) is 0 Å². The fourth-order valence-electron chi connectivity index (χ4n) is 0.828. The van der Waals surface area contributed by atoms with Crippen molar-refractivity contribution in [1.29, 1.82) is 0 Å². The van der Waals surface area contributed by atoms with Crippen LogP contribution in [0.3, 0.4) is 0 Å². The van der Waals surface area contributed by atoms with Crippen LogP contribution in [-0.4, -0.2) is 6.04 Å². The van der Waals surface area contributed by atoms with Gasteiger partial charge in [0.1, 0.15) is 0 Å². The Bertz CT molecular complexity index is 101. The fraction of sp³-hybridized carbons (Fsp3) is 0.833. The average Bonchev–Trinajstić information content (AvgIpc) is 2.43. The maximum atomic E-state index is 6.58. The van der Waals surface area contributed by atoms with Gasteiger partial charge in [0.05, 0.1) is 0 Å². The molecule has 0 heterocycles. The van der Waals surface area contributed by atoms with Crippen molar-refractivity contribution in [3.05, 3.63) is 11.4 Å². The van der Waals surface area contributed by atoms with E-state index in [9.17, 15) is 0 Å². The van der Waals surface area contributed by atoms with Gasteiger partial charge < -0.3 is 4.85 Å². The van der Waals surface area contributed by atoms with Crippen LogP contribution in [0.1, 0.15) is 19.8 Å². The molecule has 0 aromatic rings. The molecule has 1 saturated carbocycles. The van der Waals surface area contributed by atoms with E-state index < -0.39 is 0 Å². The summed E-state index contributed by atoms with van der Waals surface area (Å²) in [5.74, 6) is 0.762. The number of rotatable bonds is 1. The molecule has 7 heavy (non-hydrogen) atoms. The van der Waals surface area contributed by atoms with E-state index in [1.54, 1.807) is 0 Å². The van der Waals surface area contributed by atoms with E-state index in [2.05, 4.69) is 11.8 Å². The molecule has 0 amide bonds. The summed E-state index contributed by atoms with van der Waals surface area (Å²) < 4.78 is 0. The normalized spacial score (nSPS) is 37.1. The molecule has 1 fully saturated rings. The summed E-state index contributed by atoms with van der Waals surface area (Å²) in [5, 5.41) is 0. The highest BCUT2D eigenvalue weighted by molar-refractivity contribution is 5.00. The lowest BCUT2D eigenvalue weighted by Gasteiger charge is -1.75. The minimum atomic E-state index is 0.407. The van der Waals surface area contributed by atoms with E-state index in [1.807, 2.05) is 0 Å². The van der Waals surface area contributed by atoms with Gasteiger partial charge in [0, 0.05) is 12.3 Å². The predicted molar refractivity (Wildman–Crippen MR) is 28.8 cm³/mol. The summed E-state index contributed by atoms with van der Waals surface area (Å²) in [4.78, 5) is 3.40. The zero-order valence-corrected chi connectivity index (χ0v) is 4.52. The number of hydrogen-bond acceptors (Lipinski definition) is 0. The van der Waals surface area contributed by atoms with Crippen LogP contribution in [0.15, 0.2) is 0 Å². The van der Waals surface area contributed by atoms with Crippen LogP contribution in [0.25, 0.3) is 4.85 Å². The standard InChI is InChI=1S/C6H9N/c1-3-5-4-6(5)7-2/h5-6H,3-4H2,1H3. The van der Waals surface area contributed by atoms with Gasteiger partial charge in [-0.15, -0.1) is 0 Å². The molecule has 2 unspecified atom stereocenters. The second-order valence-corrected chi connectivity index (χ2v) is 2.10. The van der Waals surface area contributed by atoms with Crippen molar-refractivity contribution in [3.8, 4) is 0 Å². The smallest absolute Gasteiger partial charge is 0.227 e. The molecular weight excluding hydrogens is 86.1 g/mol. The van der Waals surface area contributed by atoms with Gasteiger partial charge in [-0.05, 0) is 6.42 Å². The molecular formula is C6H9N. The molecule has 2 atom stereocenters. The van der Waals surface area contributed by atoms with Gasteiger partial charge in [-0.2, -0.15) is 0 Å². The van der Waals surface area contributed by atoms with Crippen LogP contribution in [0.4, 0.5) is 0 Å². The molecule has 1 heteroatoms. The van der Waals surface area contributed by atoms with Crippen LogP contribution >= 0.6 is 0 Å². The SMILES string of the molecule is [C-]#[N+]C1CC1CC. The Labute approximate surface area is 44.2 Å². The van der Waals surface area contributed by atoms with Crippen LogP contribution in [0.2, 0.25) is 0 Å². The summed E-state index contributed by atoms with van der Waals surface area (Å²) in [6.07, 6.45) is 2.37. The highest BCUT2D eigenvalue weighted by atomic mass is 14.8. The van der Waals surface area contributed by atoms with E-state index in [0.717, 1.165) is 5.92 Å². The van der Waals surface area contributed by atoms with Crippen molar-refractivity contribution >= 4 is 0 Å². The topological polar surface area (TPSA) is 4.36 Å². The quantitative estimate of drug-likeness (QED) is 0.437. The molecule has 38 valence electrons. The predicted octanol–water partition coefficient (Wildman–Crippen LogP) is 1.70. The van der Waals surface area contributed by atoms with Crippen molar-refractivity contribution in [1.82, 2.24) is 0 Å². The Morgan fingerprint density at radius 2 is 2.57 bits per heavy atom. The Morgan fingerprint density at radius 1 is 1.86 bits per heavy atom. The van der Waals surface area contributed by atoms with Gasteiger partial charge in [0.15, 0.2) is 0 Å². The third kappa shape index (κ3) is 0.742. The van der Waals surface area contributed by atoms with Crippen molar-refractivity contribution in [2.75, 3.05) is 0 Å². The molecule has 0 bridgehead atoms. The summed E-state index contributed by atoms with van der Waals surface area (Å²) in [5.41, 5.74) is 0. The lowest BCUT2D eigenvalue weighted by molar-refractivity contribution is 0.787. The first kappa shape index (κ1) is 4.64. The molecule has 0 aromatic carbocycles. The summed E-state index contributed by atoms with van der Waals surface area (Å²) in [6.45, 7) is 8.73. The minimum Gasteiger partial charge on any atom is -0.313 e. The number of nitrogens with zero attached hydrogens (tertiary/aromatic N) is 1. The van der Waals surface area contributed by atoms with E-state index >= 15 is 0 Å². The fourth-order valence-corrected chi connectivity index (χ4v) is 0.828. The molecule has 0 aromatic heterocycles. The number of hydrogen-bond donors (Lipinski definition) is 0. The van der Waals surface area contributed by atoms with Crippen LogP contribution < -0.4 is 0 Å². The maximum absolute atomic E-state index is 6.58. The molecule has 0 radical (unpaired) electrons. The maximum Gasteiger partial charge on any atom is 0.227 e. The Morgan fingerprint density at radius 3 is 2.71 bits per heavy atom. The molecule has 0 spiro atoms. The summed E-state index contributed by atoms with van der Waals surface area (Å²) in [7, 11) is 0. The second-order valence-electron chi connectivity index (χ2n) is 2.10. The highest BCUT2D eigenvalue weighted by Crippen LogP contribution is 2.36. The van der Waals surface area contributed by atoms with Crippen LogP contribution in [0, 0.1) is 12.5 Å². The largest absolute Gasteiger partial charge is 0.313 e. The van der Waals surface area contributed by atoms with Gasteiger partial charge in [0.2, 0.25) is 6.04 Å². The van der Waals surface area contributed by atoms with Gasteiger partial charge in [-0.25, -0.2) is 6.57 Å². The van der Waals surface area contributed by atoms with Crippen molar-refractivity contribution in [2.24, 2.45) is 5.92 Å². The van der Waals surface area contributed by atoms with Gasteiger partial charge in [-0.1, -0.05) is 6.92 Å². The first-order valence-electron chi connectivity index (χ1n) is 2.75. The molecule has 1 aliphatic rings. The third-order valence-corrected chi connectivity index (χ3v) is 1.58. The van der Waals surface area contributed by atoms with Gasteiger partial charge in [0.25, 0.3) is 0 Å². The average molecular weight is 95.1 g/mol. The summed E-state index contributed by atoms with van der Waals surface area (Å²) in [6, 6.07) is 0.407.